The van der Waals surface area contributed by atoms with Crippen LogP contribution in [0.3, 0.4) is 0 Å². The molecule has 1 aliphatic carbocycles. The molecule has 196 valence electrons. The van der Waals surface area contributed by atoms with E-state index in [0.29, 0.717) is 18.0 Å². The molecule has 1 N–H and O–H groups in total. The number of hydrogen-bond donors (Lipinski definition) is 1. The Hall–Kier alpha value is -3.36. The minimum Gasteiger partial charge on any atom is -0.454 e. The maximum atomic E-state index is 13.4. The number of hydrogen-bond acceptors (Lipinski definition) is 5. The number of nitrogens with one attached hydrogen (secondary N) is 1. The number of rotatable bonds is 8. The molecule has 7 nitrogen and oxygen atoms in total. The van der Waals surface area contributed by atoms with Crippen molar-refractivity contribution in [3.8, 4) is 22.6 Å². The lowest BCUT2D eigenvalue weighted by Gasteiger charge is -2.20. The van der Waals surface area contributed by atoms with Gasteiger partial charge in [0.25, 0.3) is 0 Å². The predicted molar refractivity (Wildman–Crippen MR) is 146 cm³/mol. The van der Waals surface area contributed by atoms with E-state index < -0.39 is 20.7 Å². The first-order valence-electron chi connectivity index (χ1n) is 12.5. The average Bonchev–Trinajstić information content (AvgIpc) is 3.56. The van der Waals surface area contributed by atoms with E-state index in [9.17, 15) is 13.2 Å². The number of ether oxygens (including phenoxy) is 2. The van der Waals surface area contributed by atoms with Crippen LogP contribution in [0.25, 0.3) is 11.1 Å². The Morgan fingerprint density at radius 2 is 1.73 bits per heavy atom. The molecule has 37 heavy (non-hydrogen) atoms. The Labute approximate surface area is 219 Å². The number of benzene rings is 3. The van der Waals surface area contributed by atoms with Gasteiger partial charge in [-0.1, -0.05) is 36.4 Å². The summed E-state index contributed by atoms with van der Waals surface area (Å²) >= 11 is 0. The van der Waals surface area contributed by atoms with Gasteiger partial charge in [-0.25, -0.2) is 12.7 Å². The molecular formula is C29H34N2O5S. The molecule has 1 fully saturated rings. The van der Waals surface area contributed by atoms with Gasteiger partial charge in [0.2, 0.25) is 22.7 Å². The van der Waals surface area contributed by atoms with Crippen LogP contribution in [-0.4, -0.2) is 37.7 Å². The zero-order valence-corrected chi connectivity index (χ0v) is 22.4. The quantitative estimate of drug-likeness (QED) is 0.424. The van der Waals surface area contributed by atoms with Gasteiger partial charge in [0, 0.05) is 20.7 Å². The van der Waals surface area contributed by atoms with E-state index in [2.05, 4.69) is 5.32 Å². The summed E-state index contributed by atoms with van der Waals surface area (Å²) in [5.74, 6) is 1.37. The standard InChI is InChI=1S/C29H32N2O5S.H2/c1-19(2)37(33,34)31(4)17-21-6-8-22(9-7-21)25-16-24(11-5-20(25)3)30-28(32)29(13-14-29)23-10-12-26-27(15-23)36-18-35-26;/h5-12,15-16,19H,13-14,17-18H2,1-4H3,(H,30,32);1H. The lowest BCUT2D eigenvalue weighted by molar-refractivity contribution is -0.118. The van der Waals surface area contributed by atoms with Gasteiger partial charge in [0.15, 0.2) is 11.5 Å². The van der Waals surface area contributed by atoms with Crippen LogP contribution in [-0.2, 0) is 26.8 Å². The van der Waals surface area contributed by atoms with Crippen LogP contribution in [0.15, 0.2) is 60.7 Å². The largest absolute Gasteiger partial charge is 0.454 e. The number of carbonyl (C=O) groups excluding carboxylic acids is 1. The summed E-state index contributed by atoms with van der Waals surface area (Å²) < 4.78 is 37.1. The van der Waals surface area contributed by atoms with Crippen molar-refractivity contribution >= 4 is 21.6 Å². The predicted octanol–water partition coefficient (Wildman–Crippen LogP) is 5.48. The zero-order valence-electron chi connectivity index (χ0n) is 21.6. The Balaban J connectivity index is 0.00000336. The topological polar surface area (TPSA) is 84.9 Å². The van der Waals surface area contributed by atoms with E-state index in [4.69, 9.17) is 9.47 Å². The summed E-state index contributed by atoms with van der Waals surface area (Å²) in [5.41, 5.74) is 5.16. The molecule has 0 atom stereocenters. The second kappa shape index (κ2) is 9.50. The fourth-order valence-corrected chi connectivity index (χ4v) is 5.77. The molecule has 1 saturated carbocycles. The molecule has 0 spiro atoms. The third-order valence-electron chi connectivity index (χ3n) is 7.31. The molecule has 0 aromatic heterocycles. The van der Waals surface area contributed by atoms with Crippen LogP contribution in [0, 0.1) is 6.92 Å². The number of amides is 1. The molecule has 8 heteroatoms. The van der Waals surface area contributed by atoms with Gasteiger partial charge in [0.05, 0.1) is 10.7 Å². The zero-order chi connectivity index (χ0) is 26.4. The van der Waals surface area contributed by atoms with Crippen molar-refractivity contribution < 1.29 is 24.1 Å². The van der Waals surface area contributed by atoms with Gasteiger partial charge >= 0.3 is 0 Å². The molecule has 1 heterocycles. The highest BCUT2D eigenvalue weighted by Crippen LogP contribution is 2.51. The summed E-state index contributed by atoms with van der Waals surface area (Å²) in [6, 6.07) is 19.5. The molecule has 0 saturated heterocycles. The number of nitrogens with zero attached hydrogens (tertiary/aromatic N) is 1. The number of sulfonamides is 1. The Morgan fingerprint density at radius 1 is 1.03 bits per heavy atom. The lowest BCUT2D eigenvalue weighted by atomic mass is 9.94. The van der Waals surface area contributed by atoms with Crippen molar-refractivity contribution in [2.75, 3.05) is 19.2 Å². The van der Waals surface area contributed by atoms with E-state index in [1.165, 1.54) is 4.31 Å². The van der Waals surface area contributed by atoms with Crippen LogP contribution >= 0.6 is 0 Å². The van der Waals surface area contributed by atoms with Gasteiger partial charge in [-0.2, -0.15) is 0 Å². The third kappa shape index (κ3) is 4.83. The Bertz CT molecular complexity index is 1450. The number of fused-ring (bicyclic) bond motifs is 1. The van der Waals surface area contributed by atoms with Gasteiger partial charge in [-0.3, -0.25) is 4.79 Å². The molecule has 3 aromatic carbocycles. The number of carbonyl (C=O) groups is 1. The Kier molecular flexibility index (Phi) is 6.50. The van der Waals surface area contributed by atoms with Crippen molar-refractivity contribution in [2.24, 2.45) is 0 Å². The summed E-state index contributed by atoms with van der Waals surface area (Å²) in [4.78, 5) is 13.4. The van der Waals surface area contributed by atoms with E-state index in [1.807, 2.05) is 67.6 Å². The average molecular weight is 523 g/mol. The summed E-state index contributed by atoms with van der Waals surface area (Å²) in [7, 11) is -1.70. The van der Waals surface area contributed by atoms with E-state index in [-0.39, 0.29) is 14.1 Å². The molecule has 3 aromatic rings. The summed E-state index contributed by atoms with van der Waals surface area (Å²) in [6.07, 6.45) is 1.58. The summed E-state index contributed by atoms with van der Waals surface area (Å²) in [6.45, 7) is 5.93. The normalized spacial score (nSPS) is 15.7. The second-order valence-electron chi connectivity index (χ2n) is 10.2. The minimum atomic E-state index is -3.31. The van der Waals surface area contributed by atoms with Crippen LogP contribution in [0.2, 0.25) is 0 Å². The first kappa shape index (κ1) is 25.3. The van der Waals surface area contributed by atoms with Gasteiger partial charge in [-0.15, -0.1) is 0 Å². The van der Waals surface area contributed by atoms with Crippen molar-refractivity contribution in [3.05, 3.63) is 77.4 Å². The monoisotopic (exact) mass is 522 g/mol. The van der Waals surface area contributed by atoms with E-state index in [0.717, 1.165) is 46.3 Å². The SMILES string of the molecule is Cc1ccc(NC(=O)C2(c3ccc4c(c3)OCO4)CC2)cc1-c1ccc(CN(C)S(=O)(=O)C(C)C)cc1.[HH]. The molecule has 0 bridgehead atoms. The van der Waals surface area contributed by atoms with Crippen LogP contribution in [0.5, 0.6) is 11.5 Å². The molecule has 1 amide bonds. The fourth-order valence-electron chi connectivity index (χ4n) is 4.72. The van der Waals surface area contributed by atoms with Crippen molar-refractivity contribution in [3.63, 3.8) is 0 Å². The highest BCUT2D eigenvalue weighted by molar-refractivity contribution is 7.89. The van der Waals surface area contributed by atoms with Crippen LogP contribution in [0.4, 0.5) is 5.69 Å². The maximum absolute atomic E-state index is 13.4. The minimum absolute atomic E-state index is 0. The first-order chi connectivity index (χ1) is 17.6. The fraction of sp³-hybridized carbons (Fsp3) is 0.345. The molecule has 0 unspecified atom stereocenters. The molecule has 0 radical (unpaired) electrons. The van der Waals surface area contributed by atoms with E-state index >= 15 is 0 Å². The molecular weight excluding hydrogens is 488 g/mol. The first-order valence-corrected chi connectivity index (χ1v) is 14.0. The van der Waals surface area contributed by atoms with Crippen molar-refractivity contribution in [2.45, 2.75) is 50.8 Å². The second-order valence-corrected chi connectivity index (χ2v) is 12.8. The van der Waals surface area contributed by atoms with Gasteiger partial charge < -0.3 is 14.8 Å². The highest BCUT2D eigenvalue weighted by atomic mass is 32.2. The third-order valence-corrected chi connectivity index (χ3v) is 9.49. The summed E-state index contributed by atoms with van der Waals surface area (Å²) in [5, 5.41) is 2.67. The highest BCUT2D eigenvalue weighted by Gasteiger charge is 2.51. The van der Waals surface area contributed by atoms with E-state index in [1.54, 1.807) is 20.9 Å². The number of aryl methyl sites for hydroxylation is 1. The van der Waals surface area contributed by atoms with Crippen molar-refractivity contribution in [1.82, 2.24) is 4.31 Å². The molecule has 5 rings (SSSR count). The Morgan fingerprint density at radius 3 is 2.41 bits per heavy atom. The van der Waals surface area contributed by atoms with Crippen LogP contribution in [0.1, 0.15) is 44.8 Å². The maximum Gasteiger partial charge on any atom is 0.235 e. The van der Waals surface area contributed by atoms with Crippen molar-refractivity contribution in [1.29, 1.82) is 0 Å². The smallest absolute Gasteiger partial charge is 0.235 e. The van der Waals surface area contributed by atoms with Gasteiger partial charge in [0.1, 0.15) is 0 Å². The van der Waals surface area contributed by atoms with Gasteiger partial charge in [-0.05, 0) is 85.7 Å². The van der Waals surface area contributed by atoms with Crippen LogP contribution < -0.4 is 14.8 Å². The lowest BCUT2D eigenvalue weighted by Crippen LogP contribution is -2.32. The number of anilines is 1. The molecule has 1 aliphatic heterocycles. The molecule has 2 aliphatic rings.